The van der Waals surface area contributed by atoms with E-state index >= 15 is 0 Å². The van der Waals surface area contributed by atoms with Crippen LogP contribution < -0.4 is 4.74 Å². The van der Waals surface area contributed by atoms with Crippen molar-refractivity contribution in [3.63, 3.8) is 0 Å². The molecular weight excluding hydrogens is 458 g/mol. The van der Waals surface area contributed by atoms with E-state index in [1.54, 1.807) is 18.9 Å². The Morgan fingerprint density at radius 3 is 2.40 bits per heavy atom. The molecule has 0 spiro atoms. The lowest BCUT2D eigenvalue weighted by atomic mass is 9.93. The van der Waals surface area contributed by atoms with Gasteiger partial charge in [-0.25, -0.2) is 9.79 Å². The molecule has 1 saturated carbocycles. The summed E-state index contributed by atoms with van der Waals surface area (Å²) in [4.78, 5) is 17.0. The molecule has 4 rings (SSSR count). The van der Waals surface area contributed by atoms with E-state index in [-0.39, 0.29) is 5.57 Å². The van der Waals surface area contributed by atoms with Crippen LogP contribution in [0.3, 0.4) is 0 Å². The van der Waals surface area contributed by atoms with Crippen molar-refractivity contribution in [3.05, 3.63) is 101 Å². The number of aliphatic imine (C=N–C) groups is 1. The topological polar surface area (TPSA) is 68.1 Å². The highest BCUT2D eigenvalue weighted by Gasteiger charge is 2.29. The van der Waals surface area contributed by atoms with Crippen LogP contribution in [0.2, 0.25) is 0 Å². The van der Waals surface area contributed by atoms with Crippen LogP contribution in [0.25, 0.3) is 5.57 Å². The molecule has 0 bridgehead atoms. The predicted molar refractivity (Wildman–Crippen MR) is 142 cm³/mol. The lowest BCUT2D eigenvalue weighted by Gasteiger charge is -2.16. The largest absolute Gasteiger partial charge is 0.503 e. The SMILES string of the molecule is CO/C=C(/C(=O)O)c1cccc(Cc2ccccc2)c1CSC(=Nc1ccc(OC)cc1)C1CC1. The Balaban J connectivity index is 1.68. The van der Waals surface area contributed by atoms with Gasteiger partial charge in [-0.2, -0.15) is 0 Å². The third-order valence-corrected chi connectivity index (χ3v) is 7.02. The van der Waals surface area contributed by atoms with Crippen molar-refractivity contribution in [1.29, 1.82) is 0 Å². The summed E-state index contributed by atoms with van der Waals surface area (Å²) < 4.78 is 10.4. The normalized spacial score (nSPS) is 14.0. The molecule has 0 aromatic heterocycles. The minimum absolute atomic E-state index is 0.151. The standard InChI is InChI=1S/C29H29NO4S/c1-33-18-26(29(31)32)25-10-6-9-22(17-20-7-4-3-5-8-20)27(25)19-35-28(21-11-12-21)30-23-13-15-24(34-2)16-14-23/h3-10,13-16,18,21H,11-12,17,19H2,1-2H3,(H,31,32)/b26-18+,30-28?. The summed E-state index contributed by atoms with van der Waals surface area (Å²) in [5.74, 6) is 0.873. The maximum Gasteiger partial charge on any atom is 0.339 e. The predicted octanol–water partition coefficient (Wildman–Crippen LogP) is 6.73. The van der Waals surface area contributed by atoms with Gasteiger partial charge in [0.2, 0.25) is 0 Å². The first-order valence-electron chi connectivity index (χ1n) is 11.6. The Kier molecular flexibility index (Phi) is 8.27. The van der Waals surface area contributed by atoms with Crippen LogP contribution in [-0.2, 0) is 21.7 Å². The van der Waals surface area contributed by atoms with E-state index in [0.717, 1.165) is 46.9 Å². The number of hydrogen-bond donors (Lipinski definition) is 1. The molecule has 180 valence electrons. The van der Waals surface area contributed by atoms with E-state index in [1.165, 1.54) is 18.9 Å². The lowest BCUT2D eigenvalue weighted by Crippen LogP contribution is -2.07. The van der Waals surface area contributed by atoms with Crippen LogP contribution in [0.15, 0.2) is 84.1 Å². The van der Waals surface area contributed by atoms with Crippen LogP contribution in [0.4, 0.5) is 5.69 Å². The van der Waals surface area contributed by atoms with Crippen molar-refractivity contribution in [2.24, 2.45) is 10.9 Å². The van der Waals surface area contributed by atoms with Crippen molar-refractivity contribution in [2.45, 2.75) is 25.0 Å². The molecule has 0 saturated heterocycles. The molecule has 3 aromatic rings. The monoisotopic (exact) mass is 487 g/mol. The Morgan fingerprint density at radius 1 is 1.03 bits per heavy atom. The molecule has 0 unspecified atom stereocenters. The average Bonchev–Trinajstić information content (AvgIpc) is 3.72. The summed E-state index contributed by atoms with van der Waals surface area (Å²) in [7, 11) is 3.12. The van der Waals surface area contributed by atoms with Crippen molar-refractivity contribution in [1.82, 2.24) is 0 Å². The van der Waals surface area contributed by atoms with E-state index in [9.17, 15) is 9.90 Å². The summed E-state index contributed by atoms with van der Waals surface area (Å²) in [5.41, 5.74) is 5.00. The number of hydrogen-bond acceptors (Lipinski definition) is 5. The number of carboxylic acids is 1. The lowest BCUT2D eigenvalue weighted by molar-refractivity contribution is -0.130. The van der Waals surface area contributed by atoms with Gasteiger partial charge in [-0.05, 0) is 65.8 Å². The molecule has 0 radical (unpaired) electrons. The minimum atomic E-state index is -1.01. The fraction of sp³-hybridized carbons (Fsp3) is 0.241. The maximum absolute atomic E-state index is 12.1. The summed E-state index contributed by atoms with van der Waals surface area (Å²) in [6, 6.07) is 23.8. The van der Waals surface area contributed by atoms with Gasteiger partial charge in [-0.15, -0.1) is 11.8 Å². The van der Waals surface area contributed by atoms with Gasteiger partial charge in [-0.3, -0.25) is 0 Å². The highest BCUT2D eigenvalue weighted by atomic mass is 32.2. The Hall–Kier alpha value is -3.51. The number of nitrogens with zero attached hydrogens (tertiary/aromatic N) is 1. The van der Waals surface area contributed by atoms with Crippen LogP contribution in [0.1, 0.15) is 35.1 Å². The van der Waals surface area contributed by atoms with Crippen LogP contribution >= 0.6 is 11.8 Å². The van der Waals surface area contributed by atoms with Gasteiger partial charge in [0.15, 0.2) is 0 Å². The van der Waals surface area contributed by atoms with Crippen LogP contribution in [0, 0.1) is 5.92 Å². The average molecular weight is 488 g/mol. The van der Waals surface area contributed by atoms with Gasteiger partial charge in [0.1, 0.15) is 11.3 Å². The Labute approximate surface area is 210 Å². The Morgan fingerprint density at radius 2 is 1.77 bits per heavy atom. The van der Waals surface area contributed by atoms with Gasteiger partial charge in [0, 0.05) is 11.7 Å². The molecule has 1 aliphatic carbocycles. The van der Waals surface area contributed by atoms with E-state index in [2.05, 4.69) is 18.2 Å². The first-order chi connectivity index (χ1) is 17.1. The Bertz CT molecular complexity index is 1220. The van der Waals surface area contributed by atoms with E-state index < -0.39 is 5.97 Å². The van der Waals surface area contributed by atoms with Gasteiger partial charge < -0.3 is 14.6 Å². The summed E-state index contributed by atoms with van der Waals surface area (Å²) in [6.07, 6.45) is 4.29. The van der Waals surface area contributed by atoms with Crippen molar-refractivity contribution in [2.75, 3.05) is 14.2 Å². The zero-order valence-electron chi connectivity index (χ0n) is 19.9. The zero-order chi connectivity index (χ0) is 24.6. The quantitative estimate of drug-likeness (QED) is 0.149. The number of thioether (sulfide) groups is 1. The molecule has 1 aliphatic rings. The smallest absolute Gasteiger partial charge is 0.339 e. The molecular formula is C29H29NO4S. The molecule has 0 amide bonds. The number of rotatable bonds is 10. The van der Waals surface area contributed by atoms with Crippen molar-refractivity contribution >= 4 is 34.0 Å². The fourth-order valence-electron chi connectivity index (χ4n) is 3.89. The molecule has 1 N–H and O–H groups in total. The molecule has 1 fully saturated rings. The van der Waals surface area contributed by atoms with Crippen LogP contribution in [-0.4, -0.2) is 30.3 Å². The second-order valence-electron chi connectivity index (χ2n) is 8.39. The summed E-state index contributed by atoms with van der Waals surface area (Å²) in [6.45, 7) is 0. The molecule has 3 aromatic carbocycles. The van der Waals surface area contributed by atoms with Gasteiger partial charge in [0.25, 0.3) is 0 Å². The molecule has 6 heteroatoms. The number of benzene rings is 3. The van der Waals surface area contributed by atoms with Crippen LogP contribution in [0.5, 0.6) is 5.75 Å². The zero-order valence-corrected chi connectivity index (χ0v) is 20.8. The van der Waals surface area contributed by atoms with Gasteiger partial charge >= 0.3 is 5.97 Å². The minimum Gasteiger partial charge on any atom is -0.503 e. The van der Waals surface area contributed by atoms with Gasteiger partial charge in [0.05, 0.1) is 31.2 Å². The third kappa shape index (κ3) is 6.55. The molecule has 5 nitrogen and oxygen atoms in total. The van der Waals surface area contributed by atoms with E-state index in [1.807, 2.05) is 54.6 Å². The third-order valence-electron chi connectivity index (χ3n) is 5.87. The number of ether oxygens (including phenoxy) is 2. The first kappa shape index (κ1) is 24.6. The number of aliphatic carboxylic acids is 1. The first-order valence-corrected chi connectivity index (χ1v) is 12.5. The molecule has 0 heterocycles. The fourth-order valence-corrected chi connectivity index (χ4v) is 5.16. The number of carbonyl (C=O) groups is 1. The number of carboxylic acid groups (broad SMARTS) is 1. The molecule has 0 atom stereocenters. The number of methoxy groups -OCH3 is 2. The van der Waals surface area contributed by atoms with E-state index in [0.29, 0.717) is 17.2 Å². The van der Waals surface area contributed by atoms with Gasteiger partial charge in [-0.1, -0.05) is 48.5 Å². The van der Waals surface area contributed by atoms with Crippen molar-refractivity contribution in [3.8, 4) is 5.75 Å². The second kappa shape index (κ2) is 11.8. The molecule has 35 heavy (non-hydrogen) atoms. The summed E-state index contributed by atoms with van der Waals surface area (Å²) in [5, 5.41) is 11.0. The summed E-state index contributed by atoms with van der Waals surface area (Å²) >= 11 is 1.69. The highest BCUT2D eigenvalue weighted by molar-refractivity contribution is 8.13. The van der Waals surface area contributed by atoms with Crippen molar-refractivity contribution < 1.29 is 19.4 Å². The highest BCUT2D eigenvalue weighted by Crippen LogP contribution is 2.39. The molecule has 0 aliphatic heterocycles. The second-order valence-corrected chi connectivity index (χ2v) is 9.38. The maximum atomic E-state index is 12.1. The van der Waals surface area contributed by atoms with E-state index in [4.69, 9.17) is 14.5 Å².